The van der Waals surface area contributed by atoms with Crippen molar-refractivity contribution >= 4 is 34.5 Å². The minimum Gasteiger partial charge on any atom is -0.385 e. The summed E-state index contributed by atoms with van der Waals surface area (Å²) in [5.74, 6) is -0.114. The van der Waals surface area contributed by atoms with Crippen LogP contribution < -0.4 is 10.6 Å². The fraction of sp³-hybridized carbons (Fsp3) is 0.312. The zero-order valence-electron chi connectivity index (χ0n) is 12.4. The number of thiophene rings is 1. The predicted octanol–water partition coefficient (Wildman–Crippen LogP) is 4.38. The molecule has 21 heavy (non-hydrogen) atoms. The Balaban J connectivity index is 2.10. The van der Waals surface area contributed by atoms with Gasteiger partial charge in [-0.1, -0.05) is 11.6 Å². The van der Waals surface area contributed by atoms with Gasteiger partial charge in [-0.2, -0.15) is 0 Å². The highest BCUT2D eigenvalue weighted by atomic mass is 35.5. The van der Waals surface area contributed by atoms with Crippen LogP contribution in [0.5, 0.6) is 0 Å². The minimum atomic E-state index is -0.114. The van der Waals surface area contributed by atoms with E-state index in [2.05, 4.69) is 30.5 Å². The third kappa shape index (κ3) is 3.99. The van der Waals surface area contributed by atoms with E-state index in [1.165, 1.54) is 10.4 Å². The van der Waals surface area contributed by atoms with Crippen LogP contribution in [0.15, 0.2) is 24.3 Å². The van der Waals surface area contributed by atoms with Gasteiger partial charge in [0.05, 0.1) is 12.1 Å². The number of carbonyl (C=O) groups excluding carboxylic acids is 1. The lowest BCUT2D eigenvalue weighted by Crippen LogP contribution is -2.23. The van der Waals surface area contributed by atoms with E-state index < -0.39 is 0 Å². The van der Waals surface area contributed by atoms with Crippen molar-refractivity contribution in [1.82, 2.24) is 5.32 Å². The molecule has 1 aromatic heterocycles. The first-order chi connectivity index (χ1) is 10.0. The highest BCUT2D eigenvalue weighted by Crippen LogP contribution is 2.22. The first kappa shape index (κ1) is 15.9. The summed E-state index contributed by atoms with van der Waals surface area (Å²) in [6.07, 6.45) is 0. The van der Waals surface area contributed by atoms with Crippen molar-refractivity contribution in [1.29, 1.82) is 0 Å². The number of amides is 1. The molecule has 0 aliphatic rings. The molecule has 2 aromatic rings. The molecule has 0 saturated heterocycles. The average molecular weight is 323 g/mol. The van der Waals surface area contributed by atoms with E-state index in [-0.39, 0.29) is 5.91 Å². The summed E-state index contributed by atoms with van der Waals surface area (Å²) < 4.78 is 0. The molecular formula is C16H19ClN2OS. The lowest BCUT2D eigenvalue weighted by atomic mass is 10.1. The molecule has 1 aromatic carbocycles. The maximum Gasteiger partial charge on any atom is 0.253 e. The monoisotopic (exact) mass is 322 g/mol. The molecule has 2 N–H and O–H groups in total. The zero-order chi connectivity index (χ0) is 15.4. The van der Waals surface area contributed by atoms with Gasteiger partial charge < -0.3 is 10.6 Å². The van der Waals surface area contributed by atoms with E-state index in [9.17, 15) is 4.79 Å². The normalized spacial score (nSPS) is 10.5. The second kappa shape index (κ2) is 6.96. The number of benzene rings is 1. The number of nitrogens with one attached hydrogen (secondary N) is 2. The van der Waals surface area contributed by atoms with Crippen LogP contribution in [0.3, 0.4) is 0 Å². The largest absolute Gasteiger partial charge is 0.385 e. The topological polar surface area (TPSA) is 41.1 Å². The Morgan fingerprint density at radius 2 is 2.05 bits per heavy atom. The summed E-state index contributed by atoms with van der Waals surface area (Å²) in [5, 5.41) is 6.69. The van der Waals surface area contributed by atoms with Gasteiger partial charge in [-0.3, -0.25) is 4.79 Å². The van der Waals surface area contributed by atoms with Crippen LogP contribution in [-0.4, -0.2) is 12.5 Å². The molecule has 3 nitrogen and oxygen atoms in total. The third-order valence-electron chi connectivity index (χ3n) is 3.23. The first-order valence-electron chi connectivity index (χ1n) is 6.88. The Labute approximate surface area is 134 Å². The highest BCUT2D eigenvalue weighted by Gasteiger charge is 2.12. The summed E-state index contributed by atoms with van der Waals surface area (Å²) in [5.41, 5.74) is 2.65. The Morgan fingerprint density at radius 3 is 2.67 bits per heavy atom. The molecule has 0 atom stereocenters. The molecule has 112 valence electrons. The van der Waals surface area contributed by atoms with Crippen LogP contribution >= 0.6 is 22.9 Å². The molecule has 5 heteroatoms. The van der Waals surface area contributed by atoms with Crippen molar-refractivity contribution in [3.05, 3.63) is 50.2 Å². The molecule has 0 fully saturated rings. The lowest BCUT2D eigenvalue weighted by molar-refractivity contribution is 0.0952. The highest BCUT2D eigenvalue weighted by molar-refractivity contribution is 7.12. The van der Waals surface area contributed by atoms with Gasteiger partial charge in [-0.25, -0.2) is 0 Å². The summed E-state index contributed by atoms with van der Waals surface area (Å²) >= 11 is 7.71. The molecular weight excluding hydrogens is 304 g/mol. The fourth-order valence-corrected chi connectivity index (χ4v) is 3.21. The number of hydrogen-bond acceptors (Lipinski definition) is 3. The van der Waals surface area contributed by atoms with Gasteiger partial charge in [0.15, 0.2) is 0 Å². The van der Waals surface area contributed by atoms with Gasteiger partial charge >= 0.3 is 0 Å². The minimum absolute atomic E-state index is 0.114. The van der Waals surface area contributed by atoms with Gasteiger partial charge in [-0.05, 0) is 50.6 Å². The van der Waals surface area contributed by atoms with E-state index in [1.54, 1.807) is 23.5 Å². The second-order valence-electron chi connectivity index (χ2n) is 4.85. The van der Waals surface area contributed by atoms with Crippen molar-refractivity contribution in [2.24, 2.45) is 0 Å². The van der Waals surface area contributed by atoms with Crippen LogP contribution in [-0.2, 0) is 6.54 Å². The van der Waals surface area contributed by atoms with Crippen LogP contribution in [0.25, 0.3) is 0 Å². The molecule has 2 rings (SSSR count). The van der Waals surface area contributed by atoms with E-state index in [0.29, 0.717) is 17.1 Å². The molecule has 1 amide bonds. The molecule has 0 aliphatic heterocycles. The number of hydrogen-bond donors (Lipinski definition) is 2. The van der Waals surface area contributed by atoms with Crippen molar-refractivity contribution in [3.8, 4) is 0 Å². The number of rotatable bonds is 5. The average Bonchev–Trinajstić information content (AvgIpc) is 2.77. The van der Waals surface area contributed by atoms with Crippen LogP contribution in [0, 0.1) is 13.8 Å². The fourth-order valence-electron chi connectivity index (χ4n) is 2.05. The molecule has 0 radical (unpaired) electrons. The van der Waals surface area contributed by atoms with Crippen molar-refractivity contribution in [2.45, 2.75) is 27.3 Å². The summed E-state index contributed by atoms with van der Waals surface area (Å²) in [6.45, 7) is 7.46. The standard InChI is InChI=1S/C16H19ClN2OS/c1-4-18-15-6-5-12(17)8-14(15)16(20)19-9-13-7-10(2)11(3)21-13/h5-8,18H,4,9H2,1-3H3,(H,19,20). The summed E-state index contributed by atoms with van der Waals surface area (Å²) in [4.78, 5) is 14.8. The van der Waals surface area contributed by atoms with Crippen molar-refractivity contribution < 1.29 is 4.79 Å². The van der Waals surface area contributed by atoms with E-state index in [4.69, 9.17) is 11.6 Å². The Kier molecular flexibility index (Phi) is 5.26. The van der Waals surface area contributed by atoms with Gasteiger partial charge in [-0.15, -0.1) is 11.3 Å². The first-order valence-corrected chi connectivity index (χ1v) is 8.08. The van der Waals surface area contributed by atoms with Gasteiger partial charge in [0.2, 0.25) is 0 Å². The molecule has 0 unspecified atom stereocenters. The number of aryl methyl sites for hydroxylation is 2. The number of anilines is 1. The van der Waals surface area contributed by atoms with Gasteiger partial charge in [0.1, 0.15) is 0 Å². The quantitative estimate of drug-likeness (QED) is 0.857. The van der Waals surface area contributed by atoms with Gasteiger partial charge in [0, 0.05) is 27.0 Å². The van der Waals surface area contributed by atoms with E-state index in [0.717, 1.165) is 17.1 Å². The maximum absolute atomic E-state index is 12.4. The van der Waals surface area contributed by atoms with E-state index in [1.807, 2.05) is 13.0 Å². The Bertz CT molecular complexity index is 632. The molecule has 0 aliphatic carbocycles. The molecule has 0 bridgehead atoms. The Morgan fingerprint density at radius 1 is 1.29 bits per heavy atom. The molecule has 0 saturated carbocycles. The molecule has 0 spiro atoms. The third-order valence-corrected chi connectivity index (χ3v) is 4.62. The van der Waals surface area contributed by atoms with Crippen molar-refractivity contribution in [3.63, 3.8) is 0 Å². The summed E-state index contributed by atoms with van der Waals surface area (Å²) in [6, 6.07) is 7.42. The van der Waals surface area contributed by atoms with Crippen molar-refractivity contribution in [2.75, 3.05) is 11.9 Å². The second-order valence-corrected chi connectivity index (χ2v) is 6.63. The maximum atomic E-state index is 12.4. The Hall–Kier alpha value is -1.52. The number of halogens is 1. The number of carbonyl (C=O) groups is 1. The van der Waals surface area contributed by atoms with Crippen LogP contribution in [0.2, 0.25) is 5.02 Å². The predicted molar refractivity (Wildman–Crippen MR) is 90.6 cm³/mol. The van der Waals surface area contributed by atoms with Gasteiger partial charge in [0.25, 0.3) is 5.91 Å². The smallest absolute Gasteiger partial charge is 0.253 e. The lowest BCUT2D eigenvalue weighted by Gasteiger charge is -2.11. The van der Waals surface area contributed by atoms with E-state index >= 15 is 0 Å². The summed E-state index contributed by atoms with van der Waals surface area (Å²) in [7, 11) is 0. The SMILES string of the molecule is CCNc1ccc(Cl)cc1C(=O)NCc1cc(C)c(C)s1. The van der Waals surface area contributed by atoms with Crippen LogP contribution in [0.4, 0.5) is 5.69 Å². The zero-order valence-corrected chi connectivity index (χ0v) is 14.0. The molecule has 1 heterocycles. The van der Waals surface area contributed by atoms with Crippen LogP contribution in [0.1, 0.15) is 32.6 Å².